The van der Waals surface area contributed by atoms with Crippen LogP contribution in [-0.2, 0) is 0 Å². The van der Waals surface area contributed by atoms with Gasteiger partial charge in [0.15, 0.2) is 5.13 Å². The number of aromatic nitrogens is 3. The number of benzene rings is 2. The Hall–Kier alpha value is -2.57. The van der Waals surface area contributed by atoms with Crippen molar-refractivity contribution in [1.82, 2.24) is 15.0 Å². The van der Waals surface area contributed by atoms with Gasteiger partial charge in [-0.05, 0) is 24.3 Å². The molecule has 0 atom stereocenters. The first-order chi connectivity index (χ1) is 11.2. The number of para-hydroxylation sites is 3. The van der Waals surface area contributed by atoms with Crippen LogP contribution in [-0.4, -0.2) is 20.9 Å². The van der Waals surface area contributed by atoms with E-state index in [2.05, 4.69) is 20.3 Å². The fourth-order valence-corrected chi connectivity index (χ4v) is 3.36. The fraction of sp³-hybridized carbons (Fsp3) is 0. The van der Waals surface area contributed by atoms with Crippen LogP contribution in [0.5, 0.6) is 0 Å². The summed E-state index contributed by atoms with van der Waals surface area (Å²) in [5, 5.41) is 3.79. The fourth-order valence-electron chi connectivity index (χ4n) is 2.20. The zero-order chi connectivity index (χ0) is 15.8. The molecule has 0 aliphatic carbocycles. The van der Waals surface area contributed by atoms with Crippen molar-refractivity contribution in [2.45, 2.75) is 0 Å². The summed E-state index contributed by atoms with van der Waals surface area (Å²) >= 11 is 7.46. The number of anilines is 1. The zero-order valence-corrected chi connectivity index (χ0v) is 13.2. The third-order valence-corrected chi connectivity index (χ3v) is 4.51. The van der Waals surface area contributed by atoms with E-state index < -0.39 is 0 Å². The van der Waals surface area contributed by atoms with Gasteiger partial charge in [0.25, 0.3) is 5.91 Å². The number of nitrogens with one attached hydrogen (secondary N) is 1. The smallest absolute Gasteiger partial charge is 0.277 e. The highest BCUT2D eigenvalue weighted by molar-refractivity contribution is 7.22. The molecule has 0 radical (unpaired) electrons. The molecule has 0 unspecified atom stereocenters. The minimum atomic E-state index is -0.349. The molecule has 1 N–H and O–H groups in total. The van der Waals surface area contributed by atoms with Crippen molar-refractivity contribution in [1.29, 1.82) is 0 Å². The van der Waals surface area contributed by atoms with Gasteiger partial charge in [0.1, 0.15) is 11.2 Å². The summed E-state index contributed by atoms with van der Waals surface area (Å²) in [7, 11) is 0. The molecule has 23 heavy (non-hydrogen) atoms. The van der Waals surface area contributed by atoms with Crippen LogP contribution in [0.25, 0.3) is 21.3 Å². The van der Waals surface area contributed by atoms with Gasteiger partial charge in [0.05, 0.1) is 27.0 Å². The Morgan fingerprint density at radius 2 is 1.87 bits per heavy atom. The summed E-state index contributed by atoms with van der Waals surface area (Å²) in [6.45, 7) is 0. The molecule has 0 saturated carbocycles. The third kappa shape index (κ3) is 2.62. The van der Waals surface area contributed by atoms with E-state index in [-0.39, 0.29) is 11.6 Å². The Balaban J connectivity index is 1.66. The average Bonchev–Trinajstić information content (AvgIpc) is 2.98. The summed E-state index contributed by atoms with van der Waals surface area (Å²) < 4.78 is 0.914. The normalized spacial score (nSPS) is 11.0. The number of thiazole rings is 1. The van der Waals surface area contributed by atoms with Crippen LogP contribution in [0, 0.1) is 0 Å². The minimum absolute atomic E-state index is 0.244. The lowest BCUT2D eigenvalue weighted by Crippen LogP contribution is -2.13. The summed E-state index contributed by atoms with van der Waals surface area (Å²) in [5.41, 5.74) is 2.34. The van der Waals surface area contributed by atoms with Crippen molar-refractivity contribution in [3.8, 4) is 0 Å². The average molecular weight is 341 g/mol. The molecule has 2 aromatic carbocycles. The second-order valence-corrected chi connectivity index (χ2v) is 6.24. The molecular formula is C16H9ClN4OS. The standard InChI is InChI=1S/C16H9ClN4OS/c17-9-4-3-7-13-14(9)20-16(23-13)21-15(22)12-8-18-10-5-1-2-6-11(10)19-12/h1-8H,(H,20,21,22). The molecular weight excluding hydrogens is 332 g/mol. The van der Waals surface area contributed by atoms with Gasteiger partial charge >= 0.3 is 0 Å². The molecule has 112 valence electrons. The zero-order valence-electron chi connectivity index (χ0n) is 11.7. The molecule has 5 nitrogen and oxygen atoms in total. The van der Waals surface area contributed by atoms with Crippen molar-refractivity contribution in [3.63, 3.8) is 0 Å². The van der Waals surface area contributed by atoms with E-state index in [1.807, 2.05) is 36.4 Å². The van der Waals surface area contributed by atoms with Gasteiger partial charge in [-0.15, -0.1) is 0 Å². The number of hydrogen-bond donors (Lipinski definition) is 1. The van der Waals surface area contributed by atoms with Crippen molar-refractivity contribution >= 4 is 55.2 Å². The monoisotopic (exact) mass is 340 g/mol. The molecule has 0 aliphatic rings. The molecule has 0 saturated heterocycles. The van der Waals surface area contributed by atoms with Crippen LogP contribution in [0.3, 0.4) is 0 Å². The maximum absolute atomic E-state index is 12.3. The highest BCUT2D eigenvalue weighted by Gasteiger charge is 2.13. The van der Waals surface area contributed by atoms with Gasteiger partial charge in [0.2, 0.25) is 0 Å². The van der Waals surface area contributed by atoms with Crippen LogP contribution < -0.4 is 5.32 Å². The highest BCUT2D eigenvalue weighted by Crippen LogP contribution is 2.30. The van der Waals surface area contributed by atoms with Crippen LogP contribution >= 0.6 is 22.9 Å². The van der Waals surface area contributed by atoms with Crippen molar-refractivity contribution in [2.75, 3.05) is 5.32 Å². The number of carbonyl (C=O) groups excluding carboxylic acids is 1. The van der Waals surface area contributed by atoms with E-state index in [0.29, 0.717) is 21.2 Å². The maximum Gasteiger partial charge on any atom is 0.277 e. The Bertz CT molecular complexity index is 1050. The minimum Gasteiger partial charge on any atom is -0.296 e. The number of rotatable bonds is 2. The molecule has 0 fully saturated rings. The second kappa shape index (κ2) is 5.57. The SMILES string of the molecule is O=C(Nc1nc2c(Cl)cccc2s1)c1cnc2ccccc2n1. The van der Waals surface area contributed by atoms with Gasteiger partial charge < -0.3 is 0 Å². The summed E-state index contributed by atoms with van der Waals surface area (Å²) in [6.07, 6.45) is 1.46. The molecule has 0 aliphatic heterocycles. The molecule has 2 aromatic heterocycles. The topological polar surface area (TPSA) is 67.8 Å². The van der Waals surface area contributed by atoms with Gasteiger partial charge in [0, 0.05) is 0 Å². The van der Waals surface area contributed by atoms with Crippen LogP contribution in [0.15, 0.2) is 48.7 Å². The molecule has 7 heteroatoms. The predicted octanol–water partition coefficient (Wildman–Crippen LogP) is 4.15. The van der Waals surface area contributed by atoms with Gasteiger partial charge in [-0.2, -0.15) is 0 Å². The van der Waals surface area contributed by atoms with Crippen molar-refractivity contribution in [2.24, 2.45) is 0 Å². The van der Waals surface area contributed by atoms with Crippen molar-refractivity contribution < 1.29 is 4.79 Å². The predicted molar refractivity (Wildman–Crippen MR) is 92.1 cm³/mol. The van der Waals surface area contributed by atoms with Gasteiger partial charge in [-0.3, -0.25) is 15.1 Å². The van der Waals surface area contributed by atoms with Crippen molar-refractivity contribution in [3.05, 3.63) is 59.4 Å². The van der Waals surface area contributed by atoms with E-state index >= 15 is 0 Å². The molecule has 2 heterocycles. The lowest BCUT2D eigenvalue weighted by molar-refractivity contribution is 0.102. The molecule has 0 bridgehead atoms. The first-order valence-electron chi connectivity index (χ1n) is 6.79. The highest BCUT2D eigenvalue weighted by atomic mass is 35.5. The molecule has 1 amide bonds. The van der Waals surface area contributed by atoms with Gasteiger partial charge in [-0.1, -0.05) is 41.1 Å². The lowest BCUT2D eigenvalue weighted by Gasteiger charge is -2.02. The summed E-state index contributed by atoms with van der Waals surface area (Å²) in [6, 6.07) is 12.9. The first-order valence-corrected chi connectivity index (χ1v) is 7.98. The number of amides is 1. The van der Waals surface area contributed by atoms with Crippen LogP contribution in [0.4, 0.5) is 5.13 Å². The Labute approximate surface area is 140 Å². The quantitative estimate of drug-likeness (QED) is 0.595. The van der Waals surface area contributed by atoms with E-state index in [4.69, 9.17) is 11.6 Å². The number of carbonyl (C=O) groups is 1. The molecule has 4 rings (SSSR count). The first kappa shape index (κ1) is 14.0. The third-order valence-electron chi connectivity index (χ3n) is 3.27. The summed E-state index contributed by atoms with van der Waals surface area (Å²) in [4.78, 5) is 25.2. The number of halogens is 1. The number of fused-ring (bicyclic) bond motifs is 2. The van der Waals surface area contributed by atoms with E-state index in [1.165, 1.54) is 17.5 Å². The number of hydrogen-bond acceptors (Lipinski definition) is 5. The largest absolute Gasteiger partial charge is 0.296 e. The second-order valence-electron chi connectivity index (χ2n) is 4.80. The van der Waals surface area contributed by atoms with E-state index in [9.17, 15) is 4.79 Å². The van der Waals surface area contributed by atoms with E-state index in [0.717, 1.165) is 10.2 Å². The summed E-state index contributed by atoms with van der Waals surface area (Å²) in [5.74, 6) is -0.349. The van der Waals surface area contributed by atoms with Gasteiger partial charge in [-0.25, -0.2) is 9.97 Å². The molecule has 4 aromatic rings. The van der Waals surface area contributed by atoms with Crippen LogP contribution in [0.1, 0.15) is 10.5 Å². The number of nitrogens with zero attached hydrogens (tertiary/aromatic N) is 3. The van der Waals surface area contributed by atoms with Crippen LogP contribution in [0.2, 0.25) is 5.02 Å². The Morgan fingerprint density at radius 3 is 2.70 bits per heavy atom. The Kier molecular flexibility index (Phi) is 3.40. The maximum atomic E-state index is 12.3. The van der Waals surface area contributed by atoms with E-state index in [1.54, 1.807) is 6.07 Å². The lowest BCUT2D eigenvalue weighted by atomic mass is 10.3. The molecule has 0 spiro atoms. The Morgan fingerprint density at radius 1 is 1.04 bits per heavy atom.